The van der Waals surface area contributed by atoms with Gasteiger partial charge in [-0.3, -0.25) is 9.59 Å². The molecule has 0 atom stereocenters. The van der Waals surface area contributed by atoms with Crippen LogP contribution < -0.4 is 16.6 Å². The first-order valence-corrected chi connectivity index (χ1v) is 14.1. The molecule has 0 spiro atoms. The minimum atomic E-state index is -0.682. The minimum Gasteiger partial charge on any atom is -0.462 e. The Morgan fingerprint density at radius 3 is 2.27 bits per heavy atom. The van der Waals surface area contributed by atoms with Gasteiger partial charge in [-0.05, 0) is 42.1 Å². The Morgan fingerprint density at radius 1 is 0.975 bits per heavy atom. The summed E-state index contributed by atoms with van der Waals surface area (Å²) < 4.78 is 20.3. The van der Waals surface area contributed by atoms with Crippen LogP contribution in [0.2, 0.25) is 0 Å². The zero-order valence-electron chi connectivity index (χ0n) is 22.4. The largest absolute Gasteiger partial charge is 0.462 e. The molecular weight excluding hydrogens is 555 g/mol. The molecule has 0 bridgehead atoms. The van der Waals surface area contributed by atoms with Crippen molar-refractivity contribution < 1.29 is 18.7 Å². The maximum atomic E-state index is 13.9. The highest BCUT2D eigenvalue weighted by Crippen LogP contribution is 2.31. The molecule has 0 saturated carbocycles. The molecule has 2 aromatic carbocycles. The van der Waals surface area contributed by atoms with Crippen molar-refractivity contribution in [2.75, 3.05) is 44.1 Å². The Balaban J connectivity index is 0.00000144. The van der Waals surface area contributed by atoms with Gasteiger partial charge in [0, 0.05) is 37.9 Å². The van der Waals surface area contributed by atoms with E-state index in [-0.39, 0.29) is 36.6 Å². The van der Waals surface area contributed by atoms with Crippen molar-refractivity contribution >= 4 is 51.4 Å². The maximum Gasteiger partial charge on any atom is 0.345 e. The Hall–Kier alpha value is -3.73. The molecular formula is C29H32ClFN4O4S. The number of aromatic nitrogens is 1. The number of thiophene rings is 1. The molecule has 1 fully saturated rings. The predicted octanol–water partition coefficient (Wildman–Crippen LogP) is 5.41. The Morgan fingerprint density at radius 2 is 1.65 bits per heavy atom. The third-order valence-electron chi connectivity index (χ3n) is 6.49. The number of benzene rings is 2. The molecule has 1 amide bonds. The van der Waals surface area contributed by atoms with Crippen molar-refractivity contribution in [3.05, 3.63) is 98.2 Å². The lowest BCUT2D eigenvalue weighted by atomic mass is 10.0. The van der Waals surface area contributed by atoms with Gasteiger partial charge in [0.2, 0.25) is 0 Å². The van der Waals surface area contributed by atoms with Crippen LogP contribution in [0.1, 0.15) is 32.5 Å². The number of carbonyl (C=O) groups is 2. The molecule has 2 aromatic heterocycles. The fourth-order valence-electron chi connectivity index (χ4n) is 4.72. The zero-order valence-corrected chi connectivity index (χ0v) is 24.0. The average molecular weight is 587 g/mol. The van der Waals surface area contributed by atoms with E-state index in [1.807, 2.05) is 46.7 Å². The van der Waals surface area contributed by atoms with Crippen molar-refractivity contribution in [3.8, 4) is 0 Å². The van der Waals surface area contributed by atoms with Crippen LogP contribution in [0.5, 0.6) is 0 Å². The van der Waals surface area contributed by atoms with E-state index in [0.717, 1.165) is 10.9 Å². The summed E-state index contributed by atoms with van der Waals surface area (Å²) in [5.41, 5.74) is 1.43. The first kappa shape index (κ1) is 30.8. The molecule has 5 rings (SSSR count). The smallest absolute Gasteiger partial charge is 0.345 e. The van der Waals surface area contributed by atoms with Gasteiger partial charge in [0.1, 0.15) is 11.4 Å². The van der Waals surface area contributed by atoms with Gasteiger partial charge < -0.3 is 25.3 Å². The van der Waals surface area contributed by atoms with Crippen molar-refractivity contribution in [2.45, 2.75) is 13.5 Å². The number of fused-ring (bicyclic) bond motifs is 1. The van der Waals surface area contributed by atoms with Gasteiger partial charge in [0.15, 0.2) is 0 Å². The maximum absolute atomic E-state index is 13.9. The van der Waals surface area contributed by atoms with E-state index < -0.39 is 11.5 Å². The van der Waals surface area contributed by atoms with E-state index in [4.69, 9.17) is 4.74 Å². The zero-order chi connectivity index (χ0) is 27.9. The molecule has 4 aromatic rings. The van der Waals surface area contributed by atoms with E-state index in [9.17, 15) is 18.8 Å². The summed E-state index contributed by atoms with van der Waals surface area (Å²) in [7, 11) is 0. The number of nitrogens with zero attached hydrogens (tertiary/aromatic N) is 3. The SMILES string of the molecule is CCOC(=O)c1c(N2CCN(C(=O)c3cccs3)CC2)c2ccccc2n(Cc2ccc(F)cc2)c1=O.CCl.N. The molecule has 1 saturated heterocycles. The minimum absolute atomic E-state index is 0. The molecule has 212 valence electrons. The fourth-order valence-corrected chi connectivity index (χ4v) is 5.41. The lowest BCUT2D eigenvalue weighted by Crippen LogP contribution is -2.49. The lowest BCUT2D eigenvalue weighted by molar-refractivity contribution is 0.0523. The summed E-state index contributed by atoms with van der Waals surface area (Å²) in [5, 5.41) is 2.62. The number of piperazine rings is 1. The number of pyridine rings is 1. The van der Waals surface area contributed by atoms with Gasteiger partial charge in [-0.1, -0.05) is 36.4 Å². The van der Waals surface area contributed by atoms with Gasteiger partial charge >= 0.3 is 5.97 Å². The molecule has 11 heteroatoms. The van der Waals surface area contributed by atoms with Crippen LogP contribution in [-0.4, -0.2) is 60.5 Å². The van der Waals surface area contributed by atoms with Crippen LogP contribution in [0.15, 0.2) is 70.8 Å². The summed E-state index contributed by atoms with van der Waals surface area (Å²) in [4.78, 5) is 44.4. The van der Waals surface area contributed by atoms with E-state index in [2.05, 4.69) is 11.6 Å². The summed E-state index contributed by atoms with van der Waals surface area (Å²) in [6.45, 7) is 3.87. The number of hydrogen-bond donors (Lipinski definition) is 1. The summed E-state index contributed by atoms with van der Waals surface area (Å²) in [6, 6.07) is 17.0. The van der Waals surface area contributed by atoms with Gasteiger partial charge in [0.25, 0.3) is 11.5 Å². The summed E-state index contributed by atoms with van der Waals surface area (Å²) >= 11 is 6.05. The van der Waals surface area contributed by atoms with E-state index in [0.29, 0.717) is 42.3 Å². The third kappa shape index (κ3) is 6.35. The van der Waals surface area contributed by atoms with Crippen molar-refractivity contribution in [1.29, 1.82) is 0 Å². The average Bonchev–Trinajstić information content (AvgIpc) is 3.51. The number of alkyl halides is 1. The van der Waals surface area contributed by atoms with Gasteiger partial charge in [-0.25, -0.2) is 9.18 Å². The summed E-state index contributed by atoms with van der Waals surface area (Å²) in [6.07, 6.45) is 1.47. The molecule has 3 N–H and O–H groups in total. The van der Waals surface area contributed by atoms with Crippen LogP contribution in [0.3, 0.4) is 0 Å². The number of para-hydroxylation sites is 1. The molecule has 1 aliphatic heterocycles. The molecule has 0 aliphatic carbocycles. The molecule has 1 aliphatic rings. The molecule has 8 nitrogen and oxygen atoms in total. The number of halogens is 2. The van der Waals surface area contributed by atoms with Gasteiger partial charge in [0.05, 0.1) is 29.2 Å². The Bertz CT molecular complexity index is 1500. The first-order chi connectivity index (χ1) is 19.0. The molecule has 0 unspecified atom stereocenters. The van der Waals surface area contributed by atoms with Crippen LogP contribution >= 0.6 is 22.9 Å². The highest BCUT2D eigenvalue weighted by molar-refractivity contribution is 7.12. The van der Waals surface area contributed by atoms with Gasteiger partial charge in [-0.2, -0.15) is 0 Å². The first-order valence-electron chi connectivity index (χ1n) is 12.5. The Labute approximate surface area is 241 Å². The monoisotopic (exact) mass is 586 g/mol. The number of ether oxygens (including phenoxy) is 1. The number of hydrogen-bond acceptors (Lipinski definition) is 7. The number of carbonyl (C=O) groups excluding carboxylic acids is 2. The number of rotatable bonds is 6. The topological polar surface area (TPSA) is 107 Å². The lowest BCUT2D eigenvalue weighted by Gasteiger charge is -2.37. The number of anilines is 1. The quantitative estimate of drug-likeness (QED) is 0.239. The number of amides is 1. The van der Waals surface area contributed by atoms with E-state index in [1.165, 1.54) is 34.4 Å². The fraction of sp³-hybridized carbons (Fsp3) is 0.276. The van der Waals surface area contributed by atoms with Gasteiger partial charge in [-0.15, -0.1) is 22.9 Å². The van der Waals surface area contributed by atoms with Crippen LogP contribution in [0.4, 0.5) is 10.1 Å². The van der Waals surface area contributed by atoms with Crippen LogP contribution in [0.25, 0.3) is 10.9 Å². The van der Waals surface area contributed by atoms with Crippen molar-refractivity contribution in [1.82, 2.24) is 15.6 Å². The second-order valence-electron chi connectivity index (χ2n) is 8.74. The van der Waals surface area contributed by atoms with Crippen LogP contribution in [-0.2, 0) is 11.3 Å². The molecule has 0 radical (unpaired) electrons. The highest BCUT2D eigenvalue weighted by Gasteiger charge is 2.30. The normalized spacial score (nSPS) is 12.8. The standard InChI is InChI=1S/C28H26FN3O4S.CH3Cl.H3N/c1-2-36-28(35)24-25(30-13-15-31(16-14-30)26(33)23-8-5-17-37-23)21-6-3-4-7-22(21)32(27(24)34)18-19-9-11-20(29)12-10-19;1-2;/h3-12,17H,2,13-16,18H2,1H3;1H3;1H3. The molecule has 3 heterocycles. The van der Waals surface area contributed by atoms with Crippen molar-refractivity contribution in [2.24, 2.45) is 0 Å². The van der Waals surface area contributed by atoms with Crippen molar-refractivity contribution in [3.63, 3.8) is 0 Å². The van der Waals surface area contributed by atoms with E-state index in [1.54, 1.807) is 24.0 Å². The Kier molecular flexibility index (Phi) is 10.8. The highest BCUT2D eigenvalue weighted by atomic mass is 35.5. The third-order valence-corrected chi connectivity index (χ3v) is 7.35. The van der Waals surface area contributed by atoms with E-state index >= 15 is 0 Å². The predicted molar refractivity (Wildman–Crippen MR) is 159 cm³/mol. The summed E-state index contributed by atoms with van der Waals surface area (Å²) in [5.74, 6) is -1.06. The number of esters is 1. The second kappa shape index (κ2) is 14.1. The molecule has 40 heavy (non-hydrogen) atoms. The van der Waals surface area contributed by atoms with Crippen LogP contribution in [0, 0.1) is 5.82 Å². The second-order valence-corrected chi connectivity index (χ2v) is 9.68.